The summed E-state index contributed by atoms with van der Waals surface area (Å²) in [6, 6.07) is 15.0. The zero-order chi connectivity index (χ0) is 11.8. The normalized spacial score (nSPS) is 11.2. The Morgan fingerprint density at radius 1 is 1.00 bits per heavy atom. The predicted octanol–water partition coefficient (Wildman–Crippen LogP) is 4.26. The molecule has 0 fully saturated rings. The lowest BCUT2D eigenvalue weighted by atomic mass is 10.0. The van der Waals surface area contributed by atoms with Crippen LogP contribution in [0.5, 0.6) is 0 Å². The average Bonchev–Trinajstić information content (AvgIpc) is 2.37. The lowest BCUT2D eigenvalue weighted by Crippen LogP contribution is -1.93. The van der Waals surface area contributed by atoms with Crippen LogP contribution in [-0.2, 0) is 6.42 Å². The van der Waals surface area contributed by atoms with E-state index in [1.165, 1.54) is 27.4 Å². The largest absolute Gasteiger partial charge is 0.252 e. The highest BCUT2D eigenvalue weighted by Gasteiger charge is 2.05. The van der Waals surface area contributed by atoms with E-state index < -0.39 is 0 Å². The maximum absolute atomic E-state index is 4.82. The third kappa shape index (κ3) is 1.59. The van der Waals surface area contributed by atoms with E-state index in [1.807, 2.05) is 0 Å². The van der Waals surface area contributed by atoms with Crippen LogP contribution in [0.1, 0.15) is 18.2 Å². The second-order valence-electron chi connectivity index (χ2n) is 4.46. The van der Waals surface area contributed by atoms with Gasteiger partial charge in [-0.3, -0.25) is 4.98 Å². The number of aromatic nitrogens is 1. The number of hydrogen-bond acceptors (Lipinski definition) is 1. The molecule has 0 saturated heterocycles. The van der Waals surface area contributed by atoms with E-state index in [9.17, 15) is 0 Å². The number of hydrogen-bond donors (Lipinski definition) is 0. The second kappa shape index (κ2) is 3.85. The molecular formula is C16H15N. The first-order valence-corrected chi connectivity index (χ1v) is 6.07. The van der Waals surface area contributed by atoms with Gasteiger partial charge in [-0.1, -0.05) is 43.3 Å². The van der Waals surface area contributed by atoms with Gasteiger partial charge >= 0.3 is 0 Å². The third-order valence-electron chi connectivity index (χ3n) is 3.34. The Morgan fingerprint density at radius 2 is 1.76 bits per heavy atom. The van der Waals surface area contributed by atoms with Crippen LogP contribution < -0.4 is 0 Å². The summed E-state index contributed by atoms with van der Waals surface area (Å²) in [4.78, 5) is 4.82. The Kier molecular flexibility index (Phi) is 2.32. The van der Waals surface area contributed by atoms with Gasteiger partial charge in [0.15, 0.2) is 0 Å². The zero-order valence-corrected chi connectivity index (χ0v) is 10.2. The molecular weight excluding hydrogens is 206 g/mol. The third-order valence-corrected chi connectivity index (χ3v) is 3.34. The molecule has 0 spiro atoms. The lowest BCUT2D eigenvalue weighted by molar-refractivity contribution is 1.03. The molecule has 0 aliphatic heterocycles. The number of fused-ring (bicyclic) bond motifs is 3. The zero-order valence-electron chi connectivity index (χ0n) is 10.2. The average molecular weight is 221 g/mol. The summed E-state index contributed by atoms with van der Waals surface area (Å²) < 4.78 is 0. The van der Waals surface area contributed by atoms with Gasteiger partial charge in [-0.05, 0) is 30.4 Å². The van der Waals surface area contributed by atoms with Crippen LogP contribution >= 0.6 is 0 Å². The molecule has 0 amide bonds. The molecule has 0 N–H and O–H groups in total. The predicted molar refractivity (Wildman–Crippen MR) is 73.4 cm³/mol. The number of aryl methyl sites for hydroxylation is 2. The molecule has 0 atom stereocenters. The minimum atomic E-state index is 0.991. The first-order valence-electron chi connectivity index (χ1n) is 6.07. The van der Waals surface area contributed by atoms with Gasteiger partial charge in [0.05, 0.1) is 5.52 Å². The van der Waals surface area contributed by atoms with E-state index in [0.717, 1.165) is 11.9 Å². The van der Waals surface area contributed by atoms with Gasteiger partial charge in [0, 0.05) is 16.5 Å². The fraction of sp³-hybridized carbons (Fsp3) is 0.188. The van der Waals surface area contributed by atoms with Crippen molar-refractivity contribution >= 4 is 21.7 Å². The fourth-order valence-electron chi connectivity index (χ4n) is 2.41. The summed E-state index contributed by atoms with van der Waals surface area (Å²) in [7, 11) is 0. The molecule has 0 unspecified atom stereocenters. The van der Waals surface area contributed by atoms with E-state index in [2.05, 4.69) is 56.3 Å². The van der Waals surface area contributed by atoms with Crippen LogP contribution in [-0.4, -0.2) is 4.98 Å². The summed E-state index contributed by atoms with van der Waals surface area (Å²) >= 11 is 0. The number of nitrogens with zero attached hydrogens (tertiary/aromatic N) is 1. The van der Waals surface area contributed by atoms with Crippen LogP contribution in [0.3, 0.4) is 0 Å². The molecule has 2 aromatic carbocycles. The minimum Gasteiger partial charge on any atom is -0.252 e. The van der Waals surface area contributed by atoms with Gasteiger partial charge in [-0.25, -0.2) is 0 Å². The summed E-state index contributed by atoms with van der Waals surface area (Å²) in [5, 5.41) is 3.75. The number of benzene rings is 2. The first-order chi connectivity index (χ1) is 8.29. The van der Waals surface area contributed by atoms with E-state index in [0.29, 0.717) is 0 Å². The van der Waals surface area contributed by atoms with Crippen molar-refractivity contribution in [2.45, 2.75) is 20.3 Å². The van der Waals surface area contributed by atoms with Crippen molar-refractivity contribution in [2.24, 2.45) is 0 Å². The summed E-state index contributed by atoms with van der Waals surface area (Å²) in [5.74, 6) is 0. The van der Waals surface area contributed by atoms with E-state index in [-0.39, 0.29) is 0 Å². The molecule has 1 nitrogen and oxygen atoms in total. The highest BCUT2D eigenvalue weighted by atomic mass is 14.7. The van der Waals surface area contributed by atoms with Gasteiger partial charge in [0.25, 0.3) is 0 Å². The Balaban J connectivity index is 2.48. The van der Waals surface area contributed by atoms with Gasteiger partial charge in [0.1, 0.15) is 0 Å². The Morgan fingerprint density at radius 3 is 2.59 bits per heavy atom. The van der Waals surface area contributed by atoms with Crippen molar-refractivity contribution in [3.63, 3.8) is 0 Å². The molecule has 1 aromatic heterocycles. The van der Waals surface area contributed by atoms with Crippen LogP contribution in [0, 0.1) is 6.92 Å². The Labute approximate surface area is 101 Å². The molecule has 3 aromatic rings. The monoisotopic (exact) mass is 221 g/mol. The molecule has 0 bridgehead atoms. The fourth-order valence-corrected chi connectivity index (χ4v) is 2.41. The number of pyridine rings is 1. The van der Waals surface area contributed by atoms with Crippen LogP contribution in [0.15, 0.2) is 42.5 Å². The van der Waals surface area contributed by atoms with E-state index in [1.54, 1.807) is 0 Å². The summed E-state index contributed by atoms with van der Waals surface area (Å²) in [6.07, 6.45) is 0.991. The molecule has 1 heteroatoms. The SMILES string of the molecule is CCc1nc2c(ccc3ccccc32)cc1C. The standard InChI is InChI=1S/C16H15N/c1-3-15-11(2)10-13-9-8-12-6-4-5-7-14(12)16(13)17-15/h4-10H,3H2,1-2H3. The summed E-state index contributed by atoms with van der Waals surface area (Å²) in [6.45, 7) is 4.30. The lowest BCUT2D eigenvalue weighted by Gasteiger charge is -2.07. The maximum atomic E-state index is 4.82. The quantitative estimate of drug-likeness (QED) is 0.559. The second-order valence-corrected chi connectivity index (χ2v) is 4.46. The van der Waals surface area contributed by atoms with Gasteiger partial charge < -0.3 is 0 Å². The molecule has 0 aliphatic carbocycles. The number of rotatable bonds is 1. The van der Waals surface area contributed by atoms with E-state index >= 15 is 0 Å². The summed E-state index contributed by atoms with van der Waals surface area (Å²) in [5.41, 5.74) is 3.62. The van der Waals surface area contributed by atoms with Crippen LogP contribution in [0.4, 0.5) is 0 Å². The molecule has 0 aliphatic rings. The molecule has 17 heavy (non-hydrogen) atoms. The van der Waals surface area contributed by atoms with Gasteiger partial charge in [-0.2, -0.15) is 0 Å². The Hall–Kier alpha value is -1.89. The topological polar surface area (TPSA) is 12.9 Å². The molecule has 1 heterocycles. The van der Waals surface area contributed by atoms with Gasteiger partial charge in [0.2, 0.25) is 0 Å². The molecule has 84 valence electrons. The van der Waals surface area contributed by atoms with Crippen molar-refractivity contribution in [1.29, 1.82) is 0 Å². The molecule has 0 saturated carbocycles. The highest BCUT2D eigenvalue weighted by Crippen LogP contribution is 2.25. The maximum Gasteiger partial charge on any atom is 0.0783 e. The highest BCUT2D eigenvalue weighted by molar-refractivity contribution is 6.05. The molecule has 0 radical (unpaired) electrons. The Bertz CT molecular complexity index is 698. The van der Waals surface area contributed by atoms with Crippen molar-refractivity contribution in [2.75, 3.05) is 0 Å². The smallest absolute Gasteiger partial charge is 0.0783 e. The van der Waals surface area contributed by atoms with Gasteiger partial charge in [-0.15, -0.1) is 0 Å². The van der Waals surface area contributed by atoms with Crippen molar-refractivity contribution in [3.8, 4) is 0 Å². The van der Waals surface area contributed by atoms with E-state index in [4.69, 9.17) is 4.98 Å². The van der Waals surface area contributed by atoms with Crippen molar-refractivity contribution in [3.05, 3.63) is 53.7 Å². The molecule has 3 rings (SSSR count). The van der Waals surface area contributed by atoms with Crippen molar-refractivity contribution in [1.82, 2.24) is 4.98 Å². The van der Waals surface area contributed by atoms with Crippen LogP contribution in [0.25, 0.3) is 21.7 Å². The minimum absolute atomic E-state index is 0.991. The van der Waals surface area contributed by atoms with Crippen LogP contribution in [0.2, 0.25) is 0 Å². The first kappa shape index (κ1) is 10.3. The van der Waals surface area contributed by atoms with Crippen molar-refractivity contribution < 1.29 is 0 Å².